The van der Waals surface area contributed by atoms with Crippen molar-refractivity contribution in [1.82, 2.24) is 4.90 Å². The van der Waals surface area contributed by atoms with Crippen molar-refractivity contribution in [2.45, 2.75) is 13.0 Å². The van der Waals surface area contributed by atoms with Gasteiger partial charge in [0.25, 0.3) is 0 Å². The molecule has 0 fully saturated rings. The number of thioether (sulfide) groups is 1. The van der Waals surface area contributed by atoms with Gasteiger partial charge in [0, 0.05) is 23.4 Å². The molecule has 1 atom stereocenters. The topological polar surface area (TPSA) is 3.24 Å². The SMILES string of the molecule is CSCCN(C)C(C)c1cccc(Cl)c1. The summed E-state index contributed by atoms with van der Waals surface area (Å²) < 4.78 is 0. The van der Waals surface area contributed by atoms with Crippen molar-refractivity contribution in [3.63, 3.8) is 0 Å². The van der Waals surface area contributed by atoms with Crippen LogP contribution in [0.4, 0.5) is 0 Å². The number of rotatable bonds is 5. The van der Waals surface area contributed by atoms with Crippen molar-refractivity contribution >= 4 is 23.4 Å². The molecule has 15 heavy (non-hydrogen) atoms. The summed E-state index contributed by atoms with van der Waals surface area (Å²) in [6.45, 7) is 3.32. The standard InChI is InChI=1S/C12H18ClNS/c1-10(14(2)7-8-15-3)11-5-4-6-12(13)9-11/h4-6,9-10H,7-8H2,1-3H3. The van der Waals surface area contributed by atoms with Crippen molar-refractivity contribution in [2.75, 3.05) is 25.6 Å². The zero-order valence-electron chi connectivity index (χ0n) is 9.53. The molecule has 1 aromatic carbocycles. The van der Waals surface area contributed by atoms with Crippen LogP contribution in [0.1, 0.15) is 18.5 Å². The lowest BCUT2D eigenvalue weighted by Crippen LogP contribution is -2.24. The summed E-state index contributed by atoms with van der Waals surface area (Å²) in [5.74, 6) is 1.17. The Morgan fingerprint density at radius 2 is 2.20 bits per heavy atom. The van der Waals surface area contributed by atoms with Gasteiger partial charge in [-0.15, -0.1) is 0 Å². The molecule has 0 saturated carbocycles. The second-order valence-electron chi connectivity index (χ2n) is 3.70. The molecule has 0 amide bonds. The Kier molecular flexibility index (Phi) is 5.51. The lowest BCUT2D eigenvalue weighted by Gasteiger charge is -2.24. The van der Waals surface area contributed by atoms with Crippen molar-refractivity contribution in [3.8, 4) is 0 Å². The van der Waals surface area contributed by atoms with E-state index in [1.54, 1.807) is 0 Å². The average Bonchev–Trinajstić information content (AvgIpc) is 2.24. The minimum absolute atomic E-state index is 0.427. The maximum Gasteiger partial charge on any atom is 0.0409 e. The van der Waals surface area contributed by atoms with E-state index >= 15 is 0 Å². The van der Waals surface area contributed by atoms with Crippen molar-refractivity contribution in [3.05, 3.63) is 34.9 Å². The van der Waals surface area contributed by atoms with Crippen LogP contribution in [-0.4, -0.2) is 30.5 Å². The summed E-state index contributed by atoms with van der Waals surface area (Å²) in [6, 6.07) is 8.53. The van der Waals surface area contributed by atoms with E-state index in [1.165, 1.54) is 11.3 Å². The molecule has 1 unspecified atom stereocenters. The first kappa shape index (κ1) is 12.9. The normalized spacial score (nSPS) is 13.1. The number of benzene rings is 1. The third-order valence-corrected chi connectivity index (χ3v) is 3.47. The van der Waals surface area contributed by atoms with Crippen LogP contribution in [0.25, 0.3) is 0 Å². The minimum Gasteiger partial charge on any atom is -0.299 e. The summed E-state index contributed by atoms with van der Waals surface area (Å²) in [6.07, 6.45) is 2.14. The van der Waals surface area contributed by atoms with E-state index < -0.39 is 0 Å². The highest BCUT2D eigenvalue weighted by atomic mass is 35.5. The Bertz CT molecular complexity index is 303. The van der Waals surface area contributed by atoms with Crippen molar-refractivity contribution in [2.24, 2.45) is 0 Å². The molecule has 0 N–H and O–H groups in total. The van der Waals surface area contributed by atoms with Gasteiger partial charge in [0.15, 0.2) is 0 Å². The molecule has 0 aromatic heterocycles. The smallest absolute Gasteiger partial charge is 0.0409 e. The summed E-state index contributed by atoms with van der Waals surface area (Å²) in [7, 11) is 2.15. The molecule has 84 valence electrons. The van der Waals surface area contributed by atoms with Crippen LogP contribution in [0, 0.1) is 0 Å². The van der Waals surface area contributed by atoms with E-state index in [0.717, 1.165) is 11.6 Å². The summed E-state index contributed by atoms with van der Waals surface area (Å²) >= 11 is 7.85. The van der Waals surface area contributed by atoms with Gasteiger partial charge in [-0.05, 0) is 37.9 Å². The molecule has 0 saturated heterocycles. The zero-order chi connectivity index (χ0) is 11.3. The van der Waals surface area contributed by atoms with Gasteiger partial charge in [-0.25, -0.2) is 0 Å². The summed E-state index contributed by atoms with van der Waals surface area (Å²) in [4.78, 5) is 2.35. The molecule has 1 nitrogen and oxygen atoms in total. The van der Waals surface area contributed by atoms with E-state index in [2.05, 4.69) is 31.2 Å². The first-order valence-corrected chi connectivity index (χ1v) is 6.87. The Morgan fingerprint density at radius 1 is 1.47 bits per heavy atom. The Hall–Kier alpha value is -0.180. The molecule has 0 aliphatic carbocycles. The molecule has 0 radical (unpaired) electrons. The van der Waals surface area contributed by atoms with Crippen LogP contribution >= 0.6 is 23.4 Å². The molecule has 0 bridgehead atoms. The van der Waals surface area contributed by atoms with Crippen LogP contribution in [0.3, 0.4) is 0 Å². The third kappa shape index (κ3) is 4.06. The number of hydrogen-bond donors (Lipinski definition) is 0. The van der Waals surface area contributed by atoms with Crippen LogP contribution in [0.5, 0.6) is 0 Å². The molecule has 3 heteroatoms. The highest BCUT2D eigenvalue weighted by molar-refractivity contribution is 7.98. The van der Waals surface area contributed by atoms with Crippen molar-refractivity contribution < 1.29 is 0 Å². The Labute approximate surface area is 102 Å². The summed E-state index contributed by atoms with van der Waals surface area (Å²) in [5.41, 5.74) is 1.28. The number of nitrogens with zero attached hydrogens (tertiary/aromatic N) is 1. The van der Waals surface area contributed by atoms with Gasteiger partial charge in [0.05, 0.1) is 0 Å². The lowest BCUT2D eigenvalue weighted by molar-refractivity contribution is 0.278. The molecule has 1 rings (SSSR count). The first-order valence-electron chi connectivity index (χ1n) is 5.09. The fourth-order valence-corrected chi connectivity index (χ4v) is 2.12. The van der Waals surface area contributed by atoms with Gasteiger partial charge in [0.2, 0.25) is 0 Å². The predicted octanol–water partition coefficient (Wildman–Crippen LogP) is 3.70. The number of halogens is 1. The largest absolute Gasteiger partial charge is 0.299 e. The lowest BCUT2D eigenvalue weighted by atomic mass is 10.1. The average molecular weight is 244 g/mol. The molecule has 0 aliphatic rings. The van der Waals surface area contributed by atoms with E-state index in [9.17, 15) is 0 Å². The van der Waals surface area contributed by atoms with Gasteiger partial charge in [-0.2, -0.15) is 11.8 Å². The molecular weight excluding hydrogens is 226 g/mol. The van der Waals surface area contributed by atoms with Gasteiger partial charge >= 0.3 is 0 Å². The second kappa shape index (κ2) is 6.41. The van der Waals surface area contributed by atoms with Gasteiger partial charge in [-0.3, -0.25) is 4.90 Å². The fourth-order valence-electron chi connectivity index (χ4n) is 1.45. The fraction of sp³-hybridized carbons (Fsp3) is 0.500. The monoisotopic (exact) mass is 243 g/mol. The Morgan fingerprint density at radius 3 is 2.80 bits per heavy atom. The zero-order valence-corrected chi connectivity index (χ0v) is 11.1. The van der Waals surface area contributed by atoms with Gasteiger partial charge in [0.1, 0.15) is 0 Å². The first-order chi connectivity index (χ1) is 7.15. The van der Waals surface area contributed by atoms with E-state index in [0.29, 0.717) is 6.04 Å². The third-order valence-electron chi connectivity index (χ3n) is 2.64. The summed E-state index contributed by atoms with van der Waals surface area (Å²) in [5, 5.41) is 0.817. The number of hydrogen-bond acceptors (Lipinski definition) is 2. The maximum absolute atomic E-state index is 5.98. The van der Waals surface area contributed by atoms with E-state index in [1.807, 2.05) is 30.0 Å². The predicted molar refractivity (Wildman–Crippen MR) is 70.9 cm³/mol. The second-order valence-corrected chi connectivity index (χ2v) is 5.13. The van der Waals surface area contributed by atoms with Crippen molar-refractivity contribution in [1.29, 1.82) is 0 Å². The van der Waals surface area contributed by atoms with Crippen LogP contribution in [0.15, 0.2) is 24.3 Å². The molecule has 0 heterocycles. The van der Waals surface area contributed by atoms with E-state index in [4.69, 9.17) is 11.6 Å². The van der Waals surface area contributed by atoms with Crippen LogP contribution < -0.4 is 0 Å². The van der Waals surface area contributed by atoms with Gasteiger partial charge in [-0.1, -0.05) is 23.7 Å². The highest BCUT2D eigenvalue weighted by Gasteiger charge is 2.10. The van der Waals surface area contributed by atoms with Crippen LogP contribution in [-0.2, 0) is 0 Å². The Balaban J connectivity index is 2.62. The molecule has 1 aromatic rings. The van der Waals surface area contributed by atoms with Gasteiger partial charge < -0.3 is 0 Å². The van der Waals surface area contributed by atoms with E-state index in [-0.39, 0.29) is 0 Å². The maximum atomic E-state index is 5.98. The minimum atomic E-state index is 0.427. The molecular formula is C12H18ClNS. The van der Waals surface area contributed by atoms with Crippen LogP contribution in [0.2, 0.25) is 5.02 Å². The highest BCUT2D eigenvalue weighted by Crippen LogP contribution is 2.21. The molecule has 0 spiro atoms. The quantitative estimate of drug-likeness (QED) is 0.776. The molecule has 0 aliphatic heterocycles.